The van der Waals surface area contributed by atoms with Crippen LogP contribution in [0.15, 0.2) is 24.3 Å². The highest BCUT2D eigenvalue weighted by molar-refractivity contribution is 5.28. The smallest absolute Gasteiger partial charge is 0.189 e. The molecule has 88 valence electrons. The average Bonchev–Trinajstić information content (AvgIpc) is 3.09. The van der Waals surface area contributed by atoms with Gasteiger partial charge in [0, 0.05) is 6.54 Å². The minimum Gasteiger partial charge on any atom is -0.468 e. The first-order valence-electron chi connectivity index (χ1n) is 5.82. The number of hydrogen-bond donors (Lipinski definition) is 1. The maximum absolute atomic E-state index is 5.52. The van der Waals surface area contributed by atoms with E-state index in [9.17, 15) is 0 Å². The minimum absolute atomic E-state index is 0.361. The largest absolute Gasteiger partial charge is 0.468 e. The molecule has 0 atom stereocenters. The fourth-order valence-corrected chi connectivity index (χ4v) is 1.56. The van der Waals surface area contributed by atoms with Gasteiger partial charge in [-0.3, -0.25) is 0 Å². The van der Waals surface area contributed by atoms with Crippen molar-refractivity contribution < 1.29 is 9.47 Å². The average molecular weight is 221 g/mol. The Morgan fingerprint density at radius 1 is 1.38 bits per heavy atom. The highest BCUT2D eigenvalue weighted by atomic mass is 16.7. The summed E-state index contributed by atoms with van der Waals surface area (Å²) in [7, 11) is 1.94. The van der Waals surface area contributed by atoms with Crippen molar-refractivity contribution in [3.05, 3.63) is 29.8 Å². The van der Waals surface area contributed by atoms with Crippen molar-refractivity contribution in [2.45, 2.75) is 19.4 Å². The fraction of sp³-hybridized carbons (Fsp3) is 0.538. The summed E-state index contributed by atoms with van der Waals surface area (Å²) in [5.74, 6) is 1.67. The molecule has 0 bridgehead atoms. The standard InChI is InChI=1S/C13H19NO2/c1-14-8-12-3-2-4-13(7-12)16-10-15-9-11-5-6-11/h2-4,7,11,14H,5-6,8-10H2,1H3. The summed E-state index contributed by atoms with van der Waals surface area (Å²) in [4.78, 5) is 0. The van der Waals surface area contributed by atoms with Gasteiger partial charge in [-0.15, -0.1) is 0 Å². The van der Waals surface area contributed by atoms with Crippen molar-refractivity contribution in [1.82, 2.24) is 5.32 Å². The molecule has 0 aromatic heterocycles. The molecule has 2 rings (SSSR count). The summed E-state index contributed by atoms with van der Waals surface area (Å²) in [5.41, 5.74) is 1.22. The van der Waals surface area contributed by atoms with Crippen molar-refractivity contribution in [2.75, 3.05) is 20.4 Å². The van der Waals surface area contributed by atoms with Gasteiger partial charge in [-0.05, 0) is 43.5 Å². The van der Waals surface area contributed by atoms with Crippen LogP contribution in [0.3, 0.4) is 0 Å². The van der Waals surface area contributed by atoms with Gasteiger partial charge in [0.25, 0.3) is 0 Å². The van der Waals surface area contributed by atoms with Crippen LogP contribution in [0.2, 0.25) is 0 Å². The zero-order valence-electron chi connectivity index (χ0n) is 9.74. The first-order chi connectivity index (χ1) is 7.88. The molecule has 0 unspecified atom stereocenters. The maximum atomic E-state index is 5.52. The molecule has 3 heteroatoms. The molecular formula is C13H19NO2. The van der Waals surface area contributed by atoms with Crippen molar-refractivity contribution >= 4 is 0 Å². The molecule has 1 aromatic carbocycles. The summed E-state index contributed by atoms with van der Waals surface area (Å²) in [6.07, 6.45) is 2.63. The van der Waals surface area contributed by atoms with E-state index in [0.717, 1.165) is 24.8 Å². The Labute approximate surface area is 96.8 Å². The van der Waals surface area contributed by atoms with Crippen LogP contribution < -0.4 is 10.1 Å². The molecule has 1 aromatic rings. The van der Waals surface area contributed by atoms with Crippen LogP contribution in [0.5, 0.6) is 5.75 Å². The lowest BCUT2D eigenvalue weighted by Crippen LogP contribution is -2.07. The van der Waals surface area contributed by atoms with Gasteiger partial charge in [0.2, 0.25) is 0 Å². The molecule has 16 heavy (non-hydrogen) atoms. The molecule has 0 amide bonds. The maximum Gasteiger partial charge on any atom is 0.189 e. The molecule has 0 spiro atoms. The van der Waals surface area contributed by atoms with Crippen LogP contribution in [0.4, 0.5) is 0 Å². The molecule has 1 aliphatic carbocycles. The Morgan fingerprint density at radius 2 is 2.25 bits per heavy atom. The Balaban J connectivity index is 1.71. The highest BCUT2D eigenvalue weighted by Gasteiger charge is 2.20. The van der Waals surface area contributed by atoms with E-state index in [0.29, 0.717) is 6.79 Å². The summed E-state index contributed by atoms with van der Waals surface area (Å²) in [5, 5.41) is 3.11. The van der Waals surface area contributed by atoms with Crippen molar-refractivity contribution in [3.63, 3.8) is 0 Å². The lowest BCUT2D eigenvalue weighted by atomic mass is 10.2. The topological polar surface area (TPSA) is 30.5 Å². The van der Waals surface area contributed by atoms with Crippen LogP contribution in [0.25, 0.3) is 0 Å². The van der Waals surface area contributed by atoms with Gasteiger partial charge in [-0.2, -0.15) is 0 Å². The van der Waals surface area contributed by atoms with Crippen LogP contribution in [0.1, 0.15) is 18.4 Å². The van der Waals surface area contributed by atoms with Gasteiger partial charge in [-0.1, -0.05) is 12.1 Å². The van der Waals surface area contributed by atoms with E-state index in [1.54, 1.807) is 0 Å². The first-order valence-corrected chi connectivity index (χ1v) is 5.82. The molecule has 0 saturated heterocycles. The van der Waals surface area contributed by atoms with Crippen molar-refractivity contribution in [1.29, 1.82) is 0 Å². The fourth-order valence-electron chi connectivity index (χ4n) is 1.56. The van der Waals surface area contributed by atoms with E-state index in [-0.39, 0.29) is 0 Å². The Bertz CT molecular complexity index is 323. The monoisotopic (exact) mass is 221 g/mol. The number of hydrogen-bond acceptors (Lipinski definition) is 3. The van der Waals surface area contributed by atoms with Crippen LogP contribution in [-0.2, 0) is 11.3 Å². The zero-order chi connectivity index (χ0) is 11.2. The molecular weight excluding hydrogens is 202 g/mol. The lowest BCUT2D eigenvalue weighted by molar-refractivity contribution is 0.00994. The van der Waals surface area contributed by atoms with Crippen LogP contribution >= 0.6 is 0 Å². The van der Waals surface area contributed by atoms with Gasteiger partial charge in [0.1, 0.15) is 5.75 Å². The van der Waals surface area contributed by atoms with Gasteiger partial charge < -0.3 is 14.8 Å². The Hall–Kier alpha value is -1.06. The normalized spacial score (nSPS) is 15.1. The summed E-state index contributed by atoms with van der Waals surface area (Å²) < 4.78 is 10.9. The van der Waals surface area contributed by atoms with Gasteiger partial charge >= 0.3 is 0 Å². The summed E-state index contributed by atoms with van der Waals surface area (Å²) >= 11 is 0. The second-order valence-electron chi connectivity index (χ2n) is 4.25. The van der Waals surface area contributed by atoms with E-state index < -0.39 is 0 Å². The lowest BCUT2D eigenvalue weighted by Gasteiger charge is -2.08. The summed E-state index contributed by atoms with van der Waals surface area (Å²) in [6.45, 7) is 2.07. The van der Waals surface area contributed by atoms with Gasteiger partial charge in [-0.25, -0.2) is 0 Å². The van der Waals surface area contributed by atoms with E-state index in [1.165, 1.54) is 18.4 Å². The molecule has 0 radical (unpaired) electrons. The minimum atomic E-state index is 0.361. The van der Waals surface area contributed by atoms with Gasteiger partial charge in [0.15, 0.2) is 6.79 Å². The second kappa shape index (κ2) is 5.87. The predicted molar refractivity (Wildman–Crippen MR) is 63.4 cm³/mol. The quantitative estimate of drug-likeness (QED) is 0.565. The third-order valence-corrected chi connectivity index (χ3v) is 2.64. The van der Waals surface area contributed by atoms with Gasteiger partial charge in [0.05, 0.1) is 6.61 Å². The number of benzene rings is 1. The molecule has 1 fully saturated rings. The zero-order valence-corrected chi connectivity index (χ0v) is 9.74. The van der Waals surface area contributed by atoms with Crippen LogP contribution in [-0.4, -0.2) is 20.4 Å². The highest BCUT2D eigenvalue weighted by Crippen LogP contribution is 2.28. The molecule has 3 nitrogen and oxygen atoms in total. The van der Waals surface area contributed by atoms with E-state index in [2.05, 4.69) is 11.4 Å². The van der Waals surface area contributed by atoms with Crippen molar-refractivity contribution in [2.24, 2.45) is 5.92 Å². The molecule has 0 heterocycles. The SMILES string of the molecule is CNCc1cccc(OCOCC2CC2)c1. The van der Waals surface area contributed by atoms with Crippen molar-refractivity contribution in [3.8, 4) is 5.75 Å². The molecule has 1 saturated carbocycles. The van der Waals surface area contributed by atoms with E-state index in [1.807, 2.05) is 25.2 Å². The summed E-state index contributed by atoms with van der Waals surface area (Å²) in [6, 6.07) is 8.08. The molecule has 1 aliphatic rings. The second-order valence-corrected chi connectivity index (χ2v) is 4.25. The predicted octanol–water partition coefficient (Wildman–Crippen LogP) is 2.17. The first kappa shape index (κ1) is 11.4. The third-order valence-electron chi connectivity index (χ3n) is 2.64. The Kier molecular flexibility index (Phi) is 4.19. The van der Waals surface area contributed by atoms with Crippen LogP contribution in [0, 0.1) is 5.92 Å². The number of nitrogens with one attached hydrogen (secondary N) is 1. The van der Waals surface area contributed by atoms with E-state index in [4.69, 9.17) is 9.47 Å². The molecule has 0 aliphatic heterocycles. The number of ether oxygens (including phenoxy) is 2. The Morgan fingerprint density at radius 3 is 3.00 bits per heavy atom. The molecule has 1 N–H and O–H groups in total. The van der Waals surface area contributed by atoms with E-state index >= 15 is 0 Å². The third kappa shape index (κ3) is 3.83. The number of rotatable bonds is 7.